The number of aryl methyl sites for hydroxylation is 1. The summed E-state index contributed by atoms with van der Waals surface area (Å²) in [5.41, 5.74) is 0.439. The summed E-state index contributed by atoms with van der Waals surface area (Å²) in [5, 5.41) is 20.7. The van der Waals surface area contributed by atoms with Gasteiger partial charge in [0.05, 0.1) is 6.54 Å². The number of carbonyl (C=O) groups is 2. The van der Waals surface area contributed by atoms with Gasteiger partial charge in [-0.15, -0.1) is 0 Å². The van der Waals surface area contributed by atoms with Crippen LogP contribution in [0.15, 0.2) is 24.3 Å². The molecule has 22 heavy (non-hydrogen) atoms. The minimum absolute atomic E-state index is 0.0956. The zero-order valence-electron chi connectivity index (χ0n) is 13.6. The molecule has 1 rings (SSSR count). The van der Waals surface area contributed by atoms with Crippen LogP contribution in [-0.4, -0.2) is 34.2 Å². The van der Waals surface area contributed by atoms with E-state index in [0.717, 1.165) is 12.5 Å². The van der Waals surface area contributed by atoms with Crippen LogP contribution in [0.4, 0.5) is 0 Å². The zero-order chi connectivity index (χ0) is 17.0. The summed E-state index contributed by atoms with van der Waals surface area (Å²) in [6, 6.07) is 8.12. The average Bonchev–Trinajstić information content (AvgIpc) is 2.42. The monoisotopic (exact) mass is 307 g/mol. The summed E-state index contributed by atoms with van der Waals surface area (Å²) in [4.78, 5) is 22.4. The van der Waals surface area contributed by atoms with Crippen molar-refractivity contribution in [2.75, 3.05) is 6.54 Å². The third-order valence-corrected chi connectivity index (χ3v) is 3.55. The molecule has 0 fully saturated rings. The zero-order valence-corrected chi connectivity index (χ0v) is 13.6. The van der Waals surface area contributed by atoms with E-state index < -0.39 is 11.6 Å². The lowest BCUT2D eigenvalue weighted by molar-refractivity contribution is -0.156. The molecule has 0 radical (unpaired) electrons. The van der Waals surface area contributed by atoms with Gasteiger partial charge < -0.3 is 15.5 Å². The van der Waals surface area contributed by atoms with Crippen molar-refractivity contribution in [3.63, 3.8) is 0 Å². The summed E-state index contributed by atoms with van der Waals surface area (Å²) in [6.45, 7) is 7.28. The standard InChI is InChI=1S/C17H25NO4/c1-16(2,3)13-8-5-12(6-9-13)7-10-14(19)18-11-17(4,22)15(20)21/h5-6,8-9,22H,7,10-11H2,1-4H3,(H,18,19)(H,20,21). The fourth-order valence-electron chi connectivity index (χ4n) is 1.86. The lowest BCUT2D eigenvalue weighted by Gasteiger charge is -2.19. The van der Waals surface area contributed by atoms with E-state index >= 15 is 0 Å². The van der Waals surface area contributed by atoms with E-state index in [2.05, 4.69) is 38.2 Å². The van der Waals surface area contributed by atoms with Gasteiger partial charge in [-0.1, -0.05) is 45.0 Å². The largest absolute Gasteiger partial charge is 0.479 e. The highest BCUT2D eigenvalue weighted by molar-refractivity contribution is 5.80. The Labute approximate surface area is 131 Å². The Bertz CT molecular complexity index is 527. The maximum Gasteiger partial charge on any atom is 0.337 e. The molecule has 0 saturated heterocycles. The molecular weight excluding hydrogens is 282 g/mol. The summed E-state index contributed by atoms with van der Waals surface area (Å²) >= 11 is 0. The Morgan fingerprint density at radius 2 is 1.64 bits per heavy atom. The van der Waals surface area contributed by atoms with Gasteiger partial charge in [0.25, 0.3) is 0 Å². The molecule has 1 atom stereocenters. The minimum Gasteiger partial charge on any atom is -0.479 e. The van der Waals surface area contributed by atoms with Crippen LogP contribution in [0.3, 0.4) is 0 Å². The normalized spacial score (nSPS) is 14.2. The van der Waals surface area contributed by atoms with Crippen LogP contribution in [0.5, 0.6) is 0 Å². The smallest absolute Gasteiger partial charge is 0.337 e. The molecule has 122 valence electrons. The van der Waals surface area contributed by atoms with E-state index in [4.69, 9.17) is 5.11 Å². The lowest BCUT2D eigenvalue weighted by atomic mass is 9.86. The van der Waals surface area contributed by atoms with Gasteiger partial charge in [0.2, 0.25) is 5.91 Å². The van der Waals surface area contributed by atoms with Crippen molar-refractivity contribution in [1.82, 2.24) is 5.32 Å². The molecule has 1 unspecified atom stereocenters. The first-order valence-electron chi connectivity index (χ1n) is 7.34. The number of carboxylic acids is 1. The Morgan fingerprint density at radius 3 is 2.09 bits per heavy atom. The molecule has 0 bridgehead atoms. The maximum absolute atomic E-state index is 11.7. The van der Waals surface area contributed by atoms with Crippen molar-refractivity contribution in [1.29, 1.82) is 0 Å². The first-order chi connectivity index (χ1) is 10.0. The van der Waals surface area contributed by atoms with Crippen molar-refractivity contribution >= 4 is 11.9 Å². The van der Waals surface area contributed by atoms with Gasteiger partial charge in [0.1, 0.15) is 0 Å². The van der Waals surface area contributed by atoms with E-state index in [-0.39, 0.29) is 24.3 Å². The number of benzene rings is 1. The van der Waals surface area contributed by atoms with E-state index in [1.54, 1.807) is 0 Å². The van der Waals surface area contributed by atoms with Crippen LogP contribution in [0.2, 0.25) is 0 Å². The molecule has 3 N–H and O–H groups in total. The molecule has 1 aromatic carbocycles. The first-order valence-corrected chi connectivity index (χ1v) is 7.34. The number of carbonyl (C=O) groups excluding carboxylic acids is 1. The van der Waals surface area contributed by atoms with Crippen molar-refractivity contribution < 1.29 is 19.8 Å². The van der Waals surface area contributed by atoms with Crippen LogP contribution in [0.1, 0.15) is 45.2 Å². The third-order valence-electron chi connectivity index (χ3n) is 3.55. The quantitative estimate of drug-likeness (QED) is 0.749. The molecule has 0 saturated carbocycles. The van der Waals surface area contributed by atoms with Gasteiger partial charge in [-0.25, -0.2) is 4.79 Å². The number of hydrogen-bond acceptors (Lipinski definition) is 3. The summed E-state index contributed by atoms with van der Waals surface area (Å²) in [5.74, 6) is -1.63. The summed E-state index contributed by atoms with van der Waals surface area (Å²) < 4.78 is 0. The fraction of sp³-hybridized carbons (Fsp3) is 0.529. The van der Waals surface area contributed by atoms with Crippen molar-refractivity contribution in [3.05, 3.63) is 35.4 Å². The maximum atomic E-state index is 11.7. The van der Waals surface area contributed by atoms with Crippen molar-refractivity contribution in [2.45, 2.75) is 51.6 Å². The van der Waals surface area contributed by atoms with E-state index in [0.29, 0.717) is 6.42 Å². The molecule has 0 heterocycles. The molecular formula is C17H25NO4. The first kappa shape index (κ1) is 18.2. The Hall–Kier alpha value is -1.88. The van der Waals surface area contributed by atoms with Gasteiger partial charge in [0.15, 0.2) is 5.60 Å². The lowest BCUT2D eigenvalue weighted by Crippen LogP contribution is -2.46. The van der Waals surface area contributed by atoms with E-state index in [1.165, 1.54) is 5.56 Å². The predicted molar refractivity (Wildman–Crippen MR) is 84.7 cm³/mol. The predicted octanol–water partition coefficient (Wildman–Crippen LogP) is 1.87. The van der Waals surface area contributed by atoms with Crippen LogP contribution in [0, 0.1) is 0 Å². The molecule has 1 amide bonds. The fourth-order valence-corrected chi connectivity index (χ4v) is 1.86. The Balaban J connectivity index is 2.46. The highest BCUT2D eigenvalue weighted by atomic mass is 16.4. The Morgan fingerprint density at radius 1 is 1.09 bits per heavy atom. The molecule has 0 spiro atoms. The number of aliphatic hydroxyl groups is 1. The van der Waals surface area contributed by atoms with Crippen molar-refractivity contribution in [3.8, 4) is 0 Å². The topological polar surface area (TPSA) is 86.6 Å². The van der Waals surface area contributed by atoms with Crippen LogP contribution in [0.25, 0.3) is 0 Å². The molecule has 5 heteroatoms. The Kier molecular flexibility index (Phi) is 5.72. The SMILES string of the molecule is CC(O)(CNC(=O)CCc1ccc(C(C)(C)C)cc1)C(=O)O. The number of rotatable bonds is 6. The van der Waals surface area contributed by atoms with Crippen LogP contribution < -0.4 is 5.32 Å². The molecule has 1 aromatic rings. The van der Waals surface area contributed by atoms with Gasteiger partial charge in [-0.2, -0.15) is 0 Å². The third kappa shape index (κ3) is 5.48. The highest BCUT2D eigenvalue weighted by Gasteiger charge is 2.30. The number of amides is 1. The second-order valence-electron chi connectivity index (χ2n) is 6.80. The number of hydrogen-bond donors (Lipinski definition) is 3. The minimum atomic E-state index is -1.94. The van der Waals surface area contributed by atoms with E-state index in [9.17, 15) is 14.7 Å². The van der Waals surface area contributed by atoms with Crippen LogP contribution >= 0.6 is 0 Å². The number of carboxylic acid groups (broad SMARTS) is 1. The molecule has 0 aliphatic heterocycles. The summed E-state index contributed by atoms with van der Waals surface area (Å²) in [6.07, 6.45) is 0.829. The highest BCUT2D eigenvalue weighted by Crippen LogP contribution is 2.22. The van der Waals surface area contributed by atoms with E-state index in [1.807, 2.05) is 12.1 Å². The van der Waals surface area contributed by atoms with Gasteiger partial charge in [-0.3, -0.25) is 4.79 Å². The van der Waals surface area contributed by atoms with Crippen LogP contribution in [-0.2, 0) is 21.4 Å². The average molecular weight is 307 g/mol. The number of aliphatic carboxylic acids is 1. The van der Waals surface area contributed by atoms with Gasteiger partial charge >= 0.3 is 5.97 Å². The summed E-state index contributed by atoms with van der Waals surface area (Å²) in [7, 11) is 0. The van der Waals surface area contributed by atoms with Crippen molar-refractivity contribution in [2.24, 2.45) is 0 Å². The molecule has 0 aliphatic carbocycles. The molecule has 0 aromatic heterocycles. The molecule has 5 nitrogen and oxygen atoms in total. The van der Waals surface area contributed by atoms with Gasteiger partial charge in [-0.05, 0) is 29.9 Å². The van der Waals surface area contributed by atoms with Gasteiger partial charge in [0, 0.05) is 6.42 Å². The number of nitrogens with one attached hydrogen (secondary N) is 1. The second-order valence-corrected chi connectivity index (χ2v) is 6.80. The molecule has 0 aliphatic rings. The second kappa shape index (κ2) is 6.92.